The summed E-state index contributed by atoms with van der Waals surface area (Å²) in [4.78, 5) is 11.6. The van der Waals surface area contributed by atoms with Gasteiger partial charge in [-0.2, -0.15) is 0 Å². The zero-order chi connectivity index (χ0) is 15.3. The molecule has 8 heteroatoms. The van der Waals surface area contributed by atoms with Gasteiger partial charge in [-0.3, -0.25) is 4.79 Å². The van der Waals surface area contributed by atoms with Gasteiger partial charge < -0.3 is 36.0 Å². The van der Waals surface area contributed by atoms with Crippen molar-refractivity contribution in [2.45, 2.75) is 24.4 Å². The monoisotopic (exact) mass is 287 g/mol. The summed E-state index contributed by atoms with van der Waals surface area (Å²) in [6, 6.07) is 5.73. The number of anilines is 1. The summed E-state index contributed by atoms with van der Waals surface area (Å²) in [6.45, 7) is -0.841. The van der Waals surface area contributed by atoms with Gasteiger partial charge in [0, 0.05) is 0 Å². The predicted octanol–water partition coefficient (Wildman–Crippen LogP) is -2.23. The molecule has 1 aromatic carbocycles. The summed E-state index contributed by atoms with van der Waals surface area (Å²) >= 11 is 0. The summed E-state index contributed by atoms with van der Waals surface area (Å²) in [5, 5.41) is 57.8. The molecule has 0 saturated carbocycles. The van der Waals surface area contributed by atoms with Crippen LogP contribution in [0.3, 0.4) is 0 Å². The highest BCUT2D eigenvalue weighted by atomic mass is 16.4. The van der Waals surface area contributed by atoms with E-state index in [0.29, 0.717) is 0 Å². The molecule has 0 aromatic heterocycles. The molecule has 0 unspecified atom stereocenters. The average molecular weight is 287 g/mol. The van der Waals surface area contributed by atoms with E-state index in [2.05, 4.69) is 5.32 Å². The van der Waals surface area contributed by atoms with Crippen molar-refractivity contribution in [2.75, 3.05) is 11.9 Å². The fourth-order valence-corrected chi connectivity index (χ4v) is 1.46. The number of rotatable bonds is 6. The highest BCUT2D eigenvalue weighted by Crippen LogP contribution is 2.22. The van der Waals surface area contributed by atoms with E-state index in [-0.39, 0.29) is 11.4 Å². The Morgan fingerprint density at radius 3 is 2.25 bits per heavy atom. The molecule has 0 bridgehead atoms. The Balaban J connectivity index is 2.70. The molecule has 7 N–H and O–H groups in total. The van der Waals surface area contributed by atoms with Crippen LogP contribution in [0.25, 0.3) is 0 Å². The minimum atomic E-state index is -2.05. The Hall–Kier alpha value is -1.71. The van der Waals surface area contributed by atoms with E-state index in [4.69, 9.17) is 10.2 Å². The summed E-state index contributed by atoms with van der Waals surface area (Å²) in [5.74, 6) is -1.32. The lowest BCUT2D eigenvalue weighted by Crippen LogP contribution is -2.50. The van der Waals surface area contributed by atoms with Crippen molar-refractivity contribution in [2.24, 2.45) is 0 Å². The molecule has 0 aliphatic rings. The van der Waals surface area contributed by atoms with Gasteiger partial charge in [-0.05, 0) is 12.1 Å². The third kappa shape index (κ3) is 3.89. The van der Waals surface area contributed by atoms with Crippen molar-refractivity contribution >= 4 is 11.6 Å². The lowest BCUT2D eigenvalue weighted by Gasteiger charge is -2.25. The molecule has 1 aromatic rings. The molecule has 0 aliphatic heterocycles. The number of phenols is 1. The predicted molar refractivity (Wildman–Crippen MR) is 67.8 cm³/mol. The first-order valence-electron chi connectivity index (χ1n) is 5.80. The van der Waals surface area contributed by atoms with Gasteiger partial charge in [0.15, 0.2) is 6.10 Å². The van der Waals surface area contributed by atoms with E-state index < -0.39 is 36.9 Å². The fourth-order valence-electron chi connectivity index (χ4n) is 1.46. The molecule has 1 rings (SSSR count). The molecular weight excluding hydrogens is 270 g/mol. The molecule has 0 spiro atoms. The standard InChI is InChI=1S/C12H17NO7/c14-5-8(16)9(17)10(18)11(19)12(20)13-6-3-1-2-4-7(6)15/h1-4,8-11,14-19H,5H2,(H,13,20)/t8-,9+,10-,11+/m1/s1. The minimum absolute atomic E-state index is 0.0148. The van der Waals surface area contributed by atoms with Crippen molar-refractivity contribution in [1.29, 1.82) is 0 Å². The minimum Gasteiger partial charge on any atom is -0.506 e. The normalized spacial score (nSPS) is 17.1. The Bertz CT molecular complexity index is 453. The van der Waals surface area contributed by atoms with Crippen molar-refractivity contribution in [3.05, 3.63) is 24.3 Å². The van der Waals surface area contributed by atoms with E-state index >= 15 is 0 Å². The number of nitrogens with one attached hydrogen (secondary N) is 1. The number of aromatic hydroxyl groups is 1. The van der Waals surface area contributed by atoms with Crippen molar-refractivity contribution < 1.29 is 35.4 Å². The maximum atomic E-state index is 11.6. The SMILES string of the molecule is O=C(Nc1ccccc1O)[C@@H](O)[C@H](O)[C@@H](O)[C@H](O)CO. The number of para-hydroxylation sites is 2. The van der Waals surface area contributed by atoms with Gasteiger partial charge in [0.1, 0.15) is 24.1 Å². The molecule has 0 radical (unpaired) electrons. The Morgan fingerprint density at radius 2 is 1.70 bits per heavy atom. The number of hydrogen-bond acceptors (Lipinski definition) is 7. The lowest BCUT2D eigenvalue weighted by molar-refractivity contribution is -0.144. The fraction of sp³-hybridized carbons (Fsp3) is 0.417. The first kappa shape index (κ1) is 16.3. The van der Waals surface area contributed by atoms with Crippen LogP contribution in [0, 0.1) is 0 Å². The third-order valence-electron chi connectivity index (χ3n) is 2.69. The molecule has 0 aliphatic carbocycles. The third-order valence-corrected chi connectivity index (χ3v) is 2.69. The number of hydrogen-bond donors (Lipinski definition) is 7. The number of aliphatic hydroxyl groups is 5. The maximum Gasteiger partial charge on any atom is 0.256 e. The smallest absolute Gasteiger partial charge is 0.256 e. The van der Waals surface area contributed by atoms with Crippen LogP contribution in [0.1, 0.15) is 0 Å². The second-order valence-electron chi connectivity index (χ2n) is 4.18. The van der Waals surface area contributed by atoms with E-state index in [9.17, 15) is 25.2 Å². The first-order chi connectivity index (χ1) is 9.38. The van der Waals surface area contributed by atoms with Crippen LogP contribution in [-0.2, 0) is 4.79 Å². The number of carbonyl (C=O) groups is 1. The maximum absolute atomic E-state index is 11.6. The summed E-state index contributed by atoms with van der Waals surface area (Å²) in [6.07, 6.45) is -7.64. The Morgan fingerprint density at radius 1 is 1.10 bits per heavy atom. The van der Waals surface area contributed by atoms with E-state index in [0.717, 1.165) is 0 Å². The second-order valence-corrected chi connectivity index (χ2v) is 4.18. The van der Waals surface area contributed by atoms with Crippen molar-refractivity contribution in [3.8, 4) is 5.75 Å². The highest BCUT2D eigenvalue weighted by molar-refractivity contribution is 5.95. The van der Waals surface area contributed by atoms with E-state index in [1.54, 1.807) is 0 Å². The summed E-state index contributed by atoms with van der Waals surface area (Å²) in [7, 11) is 0. The van der Waals surface area contributed by atoms with Crippen LogP contribution in [-0.4, -0.2) is 67.6 Å². The van der Waals surface area contributed by atoms with Crippen molar-refractivity contribution in [3.63, 3.8) is 0 Å². The molecule has 20 heavy (non-hydrogen) atoms. The quantitative estimate of drug-likeness (QED) is 0.292. The first-order valence-corrected chi connectivity index (χ1v) is 5.80. The van der Waals surface area contributed by atoms with Crippen molar-refractivity contribution in [1.82, 2.24) is 0 Å². The van der Waals surface area contributed by atoms with E-state index in [1.165, 1.54) is 24.3 Å². The van der Waals surface area contributed by atoms with Gasteiger partial charge >= 0.3 is 0 Å². The highest BCUT2D eigenvalue weighted by Gasteiger charge is 2.34. The number of phenolic OH excluding ortho intramolecular Hbond substituents is 1. The molecule has 0 heterocycles. The van der Waals surface area contributed by atoms with Gasteiger partial charge in [0.2, 0.25) is 0 Å². The number of carbonyl (C=O) groups excluding carboxylic acids is 1. The van der Waals surface area contributed by atoms with Crippen LogP contribution in [0.15, 0.2) is 24.3 Å². The van der Waals surface area contributed by atoms with Crippen LogP contribution in [0.4, 0.5) is 5.69 Å². The number of amides is 1. The molecule has 4 atom stereocenters. The largest absolute Gasteiger partial charge is 0.506 e. The number of benzene rings is 1. The zero-order valence-electron chi connectivity index (χ0n) is 10.4. The van der Waals surface area contributed by atoms with Crippen LogP contribution in [0.5, 0.6) is 5.75 Å². The Kier molecular flexibility index (Phi) is 5.86. The van der Waals surface area contributed by atoms with Gasteiger partial charge in [0.05, 0.1) is 12.3 Å². The molecule has 0 fully saturated rings. The molecule has 112 valence electrons. The van der Waals surface area contributed by atoms with Gasteiger partial charge in [-0.15, -0.1) is 0 Å². The van der Waals surface area contributed by atoms with Gasteiger partial charge in [-0.1, -0.05) is 12.1 Å². The topological polar surface area (TPSA) is 150 Å². The summed E-state index contributed by atoms with van der Waals surface area (Å²) < 4.78 is 0. The molecular formula is C12H17NO7. The summed E-state index contributed by atoms with van der Waals surface area (Å²) in [5.41, 5.74) is 0.0148. The average Bonchev–Trinajstić information content (AvgIpc) is 2.46. The zero-order valence-corrected chi connectivity index (χ0v) is 10.4. The second kappa shape index (κ2) is 7.17. The van der Waals surface area contributed by atoms with Crippen LogP contribution in [0.2, 0.25) is 0 Å². The van der Waals surface area contributed by atoms with Gasteiger partial charge in [0.25, 0.3) is 5.91 Å². The lowest BCUT2D eigenvalue weighted by atomic mass is 10.0. The number of aliphatic hydroxyl groups excluding tert-OH is 5. The molecule has 1 amide bonds. The van der Waals surface area contributed by atoms with Gasteiger partial charge in [-0.25, -0.2) is 0 Å². The molecule has 8 nitrogen and oxygen atoms in total. The van der Waals surface area contributed by atoms with Crippen LogP contribution >= 0.6 is 0 Å². The van der Waals surface area contributed by atoms with E-state index in [1.807, 2.05) is 0 Å². The molecule has 0 saturated heterocycles. The van der Waals surface area contributed by atoms with Crippen LogP contribution < -0.4 is 5.32 Å². The Labute approximate surface area is 114 Å².